The molecule has 0 heterocycles. The van der Waals surface area contributed by atoms with Gasteiger partial charge in [-0.05, 0) is 17.4 Å². The third kappa shape index (κ3) is 6.62. The molecular weight excluding hydrogens is 250 g/mol. The summed E-state index contributed by atoms with van der Waals surface area (Å²) in [5.41, 5.74) is 6.80. The van der Waals surface area contributed by atoms with Gasteiger partial charge in [0, 0.05) is 0 Å². The number of esters is 1. The molecule has 1 aromatic carbocycles. The molecule has 18 heavy (non-hydrogen) atoms. The van der Waals surface area contributed by atoms with Crippen LogP contribution in [-0.2, 0) is 16.1 Å². The van der Waals surface area contributed by atoms with Crippen molar-refractivity contribution in [3.63, 3.8) is 0 Å². The average molecular weight is 272 g/mol. The van der Waals surface area contributed by atoms with E-state index < -0.39 is 6.04 Å². The van der Waals surface area contributed by atoms with E-state index in [-0.39, 0.29) is 30.4 Å². The van der Waals surface area contributed by atoms with Crippen molar-refractivity contribution >= 4 is 18.4 Å². The van der Waals surface area contributed by atoms with Crippen molar-refractivity contribution in [3.8, 4) is 0 Å². The van der Waals surface area contributed by atoms with Crippen LogP contribution >= 0.6 is 12.4 Å². The van der Waals surface area contributed by atoms with Gasteiger partial charge in [0.2, 0.25) is 0 Å². The van der Waals surface area contributed by atoms with Crippen molar-refractivity contribution in [1.82, 2.24) is 0 Å². The van der Waals surface area contributed by atoms with E-state index in [1.807, 2.05) is 30.3 Å². The van der Waals surface area contributed by atoms with Crippen molar-refractivity contribution < 1.29 is 9.53 Å². The average Bonchev–Trinajstić information content (AvgIpc) is 2.25. The van der Waals surface area contributed by atoms with E-state index in [0.29, 0.717) is 6.42 Å². The maximum Gasteiger partial charge on any atom is 0.323 e. The van der Waals surface area contributed by atoms with Crippen LogP contribution in [0.5, 0.6) is 0 Å². The molecule has 0 unspecified atom stereocenters. The zero-order chi connectivity index (χ0) is 12.9. The maximum atomic E-state index is 11.6. The molecule has 0 bridgehead atoms. The fourth-order valence-electron chi connectivity index (χ4n) is 1.58. The molecule has 1 rings (SSSR count). The van der Waals surface area contributed by atoms with E-state index >= 15 is 0 Å². The van der Waals surface area contributed by atoms with Crippen LogP contribution in [0.25, 0.3) is 0 Å². The minimum absolute atomic E-state index is 0. The van der Waals surface area contributed by atoms with E-state index in [2.05, 4.69) is 20.8 Å². The summed E-state index contributed by atoms with van der Waals surface area (Å²) in [6, 6.07) is 9.05. The van der Waals surface area contributed by atoms with Crippen LogP contribution in [0.2, 0.25) is 0 Å². The van der Waals surface area contributed by atoms with Crippen LogP contribution in [-0.4, -0.2) is 12.0 Å². The van der Waals surface area contributed by atoms with Gasteiger partial charge >= 0.3 is 5.97 Å². The van der Waals surface area contributed by atoms with Gasteiger partial charge in [0.15, 0.2) is 0 Å². The van der Waals surface area contributed by atoms with Gasteiger partial charge in [-0.25, -0.2) is 0 Å². The van der Waals surface area contributed by atoms with Gasteiger partial charge in [0.25, 0.3) is 0 Å². The molecule has 102 valence electrons. The molecule has 0 aliphatic rings. The van der Waals surface area contributed by atoms with Crippen molar-refractivity contribution in [2.24, 2.45) is 11.1 Å². The summed E-state index contributed by atoms with van der Waals surface area (Å²) in [6.45, 7) is 6.45. The third-order valence-corrected chi connectivity index (χ3v) is 2.36. The Morgan fingerprint density at radius 1 is 1.28 bits per heavy atom. The quantitative estimate of drug-likeness (QED) is 0.857. The third-order valence-electron chi connectivity index (χ3n) is 2.36. The Labute approximate surface area is 115 Å². The molecule has 4 heteroatoms. The lowest BCUT2D eigenvalue weighted by molar-refractivity contribution is -0.147. The summed E-state index contributed by atoms with van der Waals surface area (Å²) in [6.07, 6.45) is 0.626. The summed E-state index contributed by atoms with van der Waals surface area (Å²) >= 11 is 0. The van der Waals surface area contributed by atoms with Gasteiger partial charge in [-0.2, -0.15) is 0 Å². The molecule has 1 aromatic rings. The fourth-order valence-corrected chi connectivity index (χ4v) is 1.58. The number of hydrogen-bond donors (Lipinski definition) is 1. The minimum Gasteiger partial charge on any atom is -0.460 e. The Balaban J connectivity index is 0.00000289. The predicted octanol–water partition coefficient (Wildman–Crippen LogP) is 2.92. The lowest BCUT2D eigenvalue weighted by atomic mass is 9.88. The number of carbonyl (C=O) groups excluding carboxylic acids is 1. The van der Waals surface area contributed by atoms with E-state index in [9.17, 15) is 4.79 Å². The van der Waals surface area contributed by atoms with Crippen LogP contribution in [0.15, 0.2) is 30.3 Å². The lowest BCUT2D eigenvalue weighted by Crippen LogP contribution is -2.35. The summed E-state index contributed by atoms with van der Waals surface area (Å²) in [5, 5.41) is 0. The molecule has 2 N–H and O–H groups in total. The second-order valence-electron chi connectivity index (χ2n) is 5.46. The van der Waals surface area contributed by atoms with Crippen LogP contribution < -0.4 is 5.73 Å². The molecule has 0 saturated heterocycles. The first-order valence-corrected chi connectivity index (χ1v) is 5.84. The first-order valence-electron chi connectivity index (χ1n) is 5.84. The van der Waals surface area contributed by atoms with E-state index in [1.165, 1.54) is 0 Å². The number of halogens is 1. The van der Waals surface area contributed by atoms with Crippen LogP contribution in [0, 0.1) is 5.41 Å². The Kier molecular flexibility index (Phi) is 6.96. The Morgan fingerprint density at radius 3 is 2.33 bits per heavy atom. The monoisotopic (exact) mass is 271 g/mol. The second-order valence-corrected chi connectivity index (χ2v) is 5.46. The fraction of sp³-hybridized carbons (Fsp3) is 0.500. The van der Waals surface area contributed by atoms with Crippen LogP contribution in [0.3, 0.4) is 0 Å². The molecule has 0 aliphatic heterocycles. The molecule has 0 aromatic heterocycles. The van der Waals surface area contributed by atoms with E-state index in [4.69, 9.17) is 10.5 Å². The van der Waals surface area contributed by atoms with Crippen molar-refractivity contribution in [2.45, 2.75) is 39.8 Å². The number of nitrogens with two attached hydrogens (primary N) is 1. The number of ether oxygens (including phenoxy) is 1. The van der Waals surface area contributed by atoms with E-state index in [0.717, 1.165) is 5.56 Å². The van der Waals surface area contributed by atoms with Crippen molar-refractivity contribution in [1.29, 1.82) is 0 Å². The van der Waals surface area contributed by atoms with Gasteiger partial charge in [-0.15, -0.1) is 12.4 Å². The first-order chi connectivity index (χ1) is 7.88. The van der Waals surface area contributed by atoms with Gasteiger partial charge in [-0.1, -0.05) is 51.1 Å². The molecule has 3 nitrogen and oxygen atoms in total. The van der Waals surface area contributed by atoms with E-state index in [1.54, 1.807) is 0 Å². The highest BCUT2D eigenvalue weighted by Gasteiger charge is 2.22. The molecule has 1 atom stereocenters. The van der Waals surface area contributed by atoms with Gasteiger partial charge in [0.1, 0.15) is 12.6 Å². The topological polar surface area (TPSA) is 52.3 Å². The van der Waals surface area contributed by atoms with Crippen LogP contribution in [0.1, 0.15) is 32.8 Å². The van der Waals surface area contributed by atoms with Gasteiger partial charge in [0.05, 0.1) is 0 Å². The second kappa shape index (κ2) is 7.39. The zero-order valence-corrected chi connectivity index (χ0v) is 12.0. The lowest BCUT2D eigenvalue weighted by Gasteiger charge is -2.21. The molecule has 0 radical (unpaired) electrons. The zero-order valence-electron chi connectivity index (χ0n) is 11.2. The standard InChI is InChI=1S/C14H21NO2.ClH/c1-14(2,3)9-12(15)13(16)17-10-11-7-5-4-6-8-11;/h4-8,12H,9-10,15H2,1-3H3;1H/t12-;/m0./s1. The summed E-state index contributed by atoms with van der Waals surface area (Å²) in [4.78, 5) is 11.6. The van der Waals surface area contributed by atoms with Crippen molar-refractivity contribution in [3.05, 3.63) is 35.9 Å². The number of hydrogen-bond acceptors (Lipinski definition) is 3. The Hall–Kier alpha value is -1.06. The summed E-state index contributed by atoms with van der Waals surface area (Å²) in [7, 11) is 0. The predicted molar refractivity (Wildman–Crippen MR) is 75.5 cm³/mol. The molecule has 0 saturated carbocycles. The highest BCUT2D eigenvalue weighted by molar-refractivity contribution is 5.85. The SMILES string of the molecule is CC(C)(C)C[C@H](N)C(=O)OCc1ccccc1.Cl. The smallest absolute Gasteiger partial charge is 0.323 e. The first kappa shape index (κ1) is 16.9. The van der Waals surface area contributed by atoms with Crippen LogP contribution in [0.4, 0.5) is 0 Å². The molecule has 0 spiro atoms. The van der Waals surface area contributed by atoms with Gasteiger partial charge in [-0.3, -0.25) is 4.79 Å². The molecule has 0 fully saturated rings. The molecule has 0 aliphatic carbocycles. The van der Waals surface area contributed by atoms with Gasteiger partial charge < -0.3 is 10.5 Å². The molecule has 0 amide bonds. The number of rotatable bonds is 4. The normalized spacial score (nSPS) is 12.4. The maximum absolute atomic E-state index is 11.6. The highest BCUT2D eigenvalue weighted by Crippen LogP contribution is 2.20. The summed E-state index contributed by atoms with van der Waals surface area (Å²) in [5.74, 6) is -0.330. The largest absolute Gasteiger partial charge is 0.460 e. The Morgan fingerprint density at radius 2 is 1.83 bits per heavy atom. The highest BCUT2D eigenvalue weighted by atomic mass is 35.5. The molecular formula is C14H22ClNO2. The minimum atomic E-state index is -0.543. The van der Waals surface area contributed by atoms with Crippen molar-refractivity contribution in [2.75, 3.05) is 0 Å². The Bertz CT molecular complexity index is 360. The summed E-state index contributed by atoms with van der Waals surface area (Å²) < 4.78 is 5.17. The number of carbonyl (C=O) groups is 1. The number of benzene rings is 1.